The Kier molecular flexibility index (Phi) is 4.11. The van der Waals surface area contributed by atoms with Crippen molar-refractivity contribution in [1.29, 1.82) is 0 Å². The van der Waals surface area contributed by atoms with E-state index in [4.69, 9.17) is 15.6 Å². The number of carboxylic acid groups (broad SMARTS) is 1. The van der Waals surface area contributed by atoms with Crippen molar-refractivity contribution in [3.63, 3.8) is 0 Å². The number of carboxylic acids is 1. The Hall–Kier alpha value is -1.56. The third kappa shape index (κ3) is 3.25. The van der Waals surface area contributed by atoms with Crippen LogP contribution in [-0.4, -0.2) is 34.1 Å². The summed E-state index contributed by atoms with van der Waals surface area (Å²) in [5.41, 5.74) is 5.58. The fourth-order valence-electron chi connectivity index (χ4n) is 1.19. The SMILES string of the molecule is CCOCCCn1cc(N)c(C(=O)O)n1. The number of ether oxygens (including phenoxy) is 1. The van der Waals surface area contributed by atoms with Gasteiger partial charge in [0.05, 0.1) is 5.69 Å². The Balaban J connectivity index is 2.48. The number of rotatable bonds is 6. The molecule has 1 rings (SSSR count). The number of anilines is 1. The van der Waals surface area contributed by atoms with Crippen LogP contribution in [0.3, 0.4) is 0 Å². The minimum Gasteiger partial charge on any atom is -0.476 e. The van der Waals surface area contributed by atoms with Gasteiger partial charge in [0.1, 0.15) is 0 Å². The molecule has 0 aromatic carbocycles. The van der Waals surface area contributed by atoms with E-state index in [0.29, 0.717) is 19.8 Å². The summed E-state index contributed by atoms with van der Waals surface area (Å²) < 4.78 is 6.68. The quantitative estimate of drug-likeness (QED) is 0.675. The maximum Gasteiger partial charge on any atom is 0.358 e. The van der Waals surface area contributed by atoms with Gasteiger partial charge >= 0.3 is 5.97 Å². The van der Waals surface area contributed by atoms with Gasteiger partial charge in [0, 0.05) is 26.0 Å². The zero-order chi connectivity index (χ0) is 11.3. The van der Waals surface area contributed by atoms with E-state index in [-0.39, 0.29) is 11.4 Å². The highest BCUT2D eigenvalue weighted by atomic mass is 16.5. The maximum absolute atomic E-state index is 10.6. The minimum atomic E-state index is -1.10. The number of aromatic nitrogens is 2. The number of nitrogens with zero attached hydrogens (tertiary/aromatic N) is 2. The van der Waals surface area contributed by atoms with Crippen LogP contribution in [0.1, 0.15) is 23.8 Å². The summed E-state index contributed by atoms with van der Waals surface area (Å²) in [5.74, 6) is -1.10. The van der Waals surface area contributed by atoms with Gasteiger partial charge in [0.2, 0.25) is 0 Å². The molecule has 84 valence electrons. The van der Waals surface area contributed by atoms with Gasteiger partial charge in [-0.15, -0.1) is 0 Å². The Labute approximate surface area is 87.6 Å². The van der Waals surface area contributed by atoms with Crippen LogP contribution in [0, 0.1) is 0 Å². The normalized spacial score (nSPS) is 10.5. The predicted molar refractivity (Wildman–Crippen MR) is 54.7 cm³/mol. The van der Waals surface area contributed by atoms with Gasteiger partial charge < -0.3 is 15.6 Å². The summed E-state index contributed by atoms with van der Waals surface area (Å²) >= 11 is 0. The molecular weight excluding hydrogens is 198 g/mol. The first-order valence-corrected chi connectivity index (χ1v) is 4.79. The molecule has 0 unspecified atom stereocenters. The van der Waals surface area contributed by atoms with Crippen LogP contribution < -0.4 is 5.73 Å². The fourth-order valence-corrected chi connectivity index (χ4v) is 1.19. The highest BCUT2D eigenvalue weighted by molar-refractivity contribution is 5.91. The molecule has 1 aromatic heterocycles. The molecule has 1 aromatic rings. The van der Waals surface area contributed by atoms with Crippen molar-refractivity contribution in [2.45, 2.75) is 19.9 Å². The topological polar surface area (TPSA) is 90.4 Å². The lowest BCUT2D eigenvalue weighted by atomic mass is 10.4. The van der Waals surface area contributed by atoms with Crippen molar-refractivity contribution >= 4 is 11.7 Å². The fraction of sp³-hybridized carbons (Fsp3) is 0.556. The summed E-state index contributed by atoms with van der Waals surface area (Å²) in [6.07, 6.45) is 2.31. The van der Waals surface area contributed by atoms with Crippen LogP contribution in [0.2, 0.25) is 0 Å². The molecule has 15 heavy (non-hydrogen) atoms. The third-order valence-corrected chi connectivity index (χ3v) is 1.87. The van der Waals surface area contributed by atoms with E-state index in [9.17, 15) is 4.79 Å². The molecular formula is C9H15N3O3. The number of carbonyl (C=O) groups is 1. The van der Waals surface area contributed by atoms with E-state index in [2.05, 4.69) is 5.10 Å². The van der Waals surface area contributed by atoms with E-state index in [1.807, 2.05) is 6.92 Å². The Bertz CT molecular complexity index is 335. The number of nitrogen functional groups attached to an aromatic ring is 1. The molecule has 0 amide bonds. The van der Waals surface area contributed by atoms with Crippen LogP contribution >= 0.6 is 0 Å². The van der Waals surface area contributed by atoms with Gasteiger partial charge in [-0.25, -0.2) is 4.79 Å². The van der Waals surface area contributed by atoms with Crippen molar-refractivity contribution in [3.05, 3.63) is 11.9 Å². The molecule has 0 aliphatic rings. The number of hydrogen-bond donors (Lipinski definition) is 2. The Morgan fingerprint density at radius 1 is 1.73 bits per heavy atom. The minimum absolute atomic E-state index is 0.0913. The molecule has 0 saturated carbocycles. The van der Waals surface area contributed by atoms with Gasteiger partial charge in [-0.05, 0) is 13.3 Å². The van der Waals surface area contributed by atoms with Gasteiger partial charge in [0.15, 0.2) is 5.69 Å². The smallest absolute Gasteiger partial charge is 0.358 e. The first-order chi connectivity index (χ1) is 7.15. The van der Waals surface area contributed by atoms with Gasteiger partial charge in [-0.2, -0.15) is 5.10 Å². The molecule has 3 N–H and O–H groups in total. The molecule has 0 aliphatic heterocycles. The number of aromatic carboxylic acids is 1. The molecule has 0 aliphatic carbocycles. The molecule has 6 nitrogen and oxygen atoms in total. The lowest BCUT2D eigenvalue weighted by molar-refractivity contribution is 0.0690. The van der Waals surface area contributed by atoms with Crippen LogP contribution in [0.25, 0.3) is 0 Å². The van der Waals surface area contributed by atoms with Gasteiger partial charge in [-0.3, -0.25) is 4.68 Å². The van der Waals surface area contributed by atoms with Gasteiger partial charge in [-0.1, -0.05) is 0 Å². The number of nitrogens with two attached hydrogens (primary N) is 1. The molecule has 0 radical (unpaired) electrons. The lowest BCUT2D eigenvalue weighted by Gasteiger charge is -2.01. The Morgan fingerprint density at radius 3 is 3.00 bits per heavy atom. The first kappa shape index (κ1) is 11.5. The van der Waals surface area contributed by atoms with E-state index in [1.165, 1.54) is 10.9 Å². The zero-order valence-electron chi connectivity index (χ0n) is 8.64. The van der Waals surface area contributed by atoms with Crippen LogP contribution in [0.5, 0.6) is 0 Å². The molecule has 0 fully saturated rings. The van der Waals surface area contributed by atoms with Crippen LogP contribution in [0.15, 0.2) is 6.20 Å². The zero-order valence-corrected chi connectivity index (χ0v) is 8.64. The molecule has 0 saturated heterocycles. The second kappa shape index (κ2) is 5.35. The summed E-state index contributed by atoms with van der Waals surface area (Å²) in [6, 6.07) is 0. The summed E-state index contributed by atoms with van der Waals surface area (Å²) in [6.45, 7) is 3.85. The monoisotopic (exact) mass is 213 g/mol. The van der Waals surface area contributed by atoms with Crippen molar-refractivity contribution in [2.75, 3.05) is 18.9 Å². The third-order valence-electron chi connectivity index (χ3n) is 1.87. The van der Waals surface area contributed by atoms with E-state index in [1.54, 1.807) is 0 Å². The average Bonchev–Trinajstić information content (AvgIpc) is 2.55. The second-order valence-corrected chi connectivity index (χ2v) is 3.05. The number of aryl methyl sites for hydroxylation is 1. The van der Waals surface area contributed by atoms with Crippen molar-refractivity contribution < 1.29 is 14.6 Å². The van der Waals surface area contributed by atoms with Gasteiger partial charge in [0.25, 0.3) is 0 Å². The molecule has 0 spiro atoms. The molecule has 6 heteroatoms. The van der Waals surface area contributed by atoms with Crippen molar-refractivity contribution in [2.24, 2.45) is 0 Å². The highest BCUT2D eigenvalue weighted by Crippen LogP contribution is 2.08. The highest BCUT2D eigenvalue weighted by Gasteiger charge is 2.12. The van der Waals surface area contributed by atoms with Crippen LogP contribution in [0.4, 0.5) is 5.69 Å². The van der Waals surface area contributed by atoms with Crippen LogP contribution in [-0.2, 0) is 11.3 Å². The van der Waals surface area contributed by atoms with E-state index < -0.39 is 5.97 Å². The van der Waals surface area contributed by atoms with Crippen molar-refractivity contribution in [3.8, 4) is 0 Å². The number of hydrogen-bond acceptors (Lipinski definition) is 4. The average molecular weight is 213 g/mol. The molecule has 1 heterocycles. The Morgan fingerprint density at radius 2 is 2.47 bits per heavy atom. The van der Waals surface area contributed by atoms with Crippen molar-refractivity contribution in [1.82, 2.24) is 9.78 Å². The largest absolute Gasteiger partial charge is 0.476 e. The van der Waals surface area contributed by atoms with E-state index in [0.717, 1.165) is 6.42 Å². The summed E-state index contributed by atoms with van der Waals surface area (Å²) in [7, 11) is 0. The standard InChI is InChI=1S/C9H15N3O3/c1-2-15-5-3-4-12-6-7(10)8(11-12)9(13)14/h6H,2-5,10H2,1H3,(H,13,14). The maximum atomic E-state index is 10.6. The second-order valence-electron chi connectivity index (χ2n) is 3.05. The predicted octanol–water partition coefficient (Wildman–Crippen LogP) is 0.590. The first-order valence-electron chi connectivity index (χ1n) is 4.79. The van der Waals surface area contributed by atoms with E-state index >= 15 is 0 Å². The molecule has 0 atom stereocenters. The molecule has 0 bridgehead atoms. The summed E-state index contributed by atoms with van der Waals surface area (Å²) in [4.78, 5) is 10.6. The summed E-state index contributed by atoms with van der Waals surface area (Å²) in [5, 5.41) is 12.6. The lowest BCUT2D eigenvalue weighted by Crippen LogP contribution is -2.05.